The van der Waals surface area contributed by atoms with E-state index in [4.69, 9.17) is 0 Å². The Morgan fingerprint density at radius 2 is 1.42 bits per heavy atom. The van der Waals surface area contributed by atoms with Crippen molar-refractivity contribution in [2.75, 3.05) is 11.9 Å². The summed E-state index contributed by atoms with van der Waals surface area (Å²) in [6.07, 6.45) is 25.3. The van der Waals surface area contributed by atoms with Gasteiger partial charge in [-0.25, -0.2) is 0 Å². The molecule has 0 N–H and O–H groups in total. The highest BCUT2D eigenvalue weighted by Crippen LogP contribution is 2.39. The number of benzene rings is 4. The van der Waals surface area contributed by atoms with Crippen LogP contribution in [0.2, 0.25) is 0 Å². The standard InChI is InChI=1S/C42H37N/c1-30-12-4-3-5-16-38(39-17-9-6-13-33(39)28-30)31-20-24-36(25-21-31)43(2)37-26-22-32(23-27-37)42-40-18-10-7-14-34(40)29-35-15-8-11-19-41(35)42/h3-5,7,9-12,14,17-29H,1,6,8,13,15-16H2,2H3/b5-3-,12-4-,33-28-,39-38+. The molecule has 4 aromatic carbocycles. The summed E-state index contributed by atoms with van der Waals surface area (Å²) < 4.78 is 0. The van der Waals surface area contributed by atoms with Crippen LogP contribution in [-0.4, -0.2) is 7.05 Å². The largest absolute Gasteiger partial charge is 0.345 e. The third-order valence-electron chi connectivity index (χ3n) is 8.96. The maximum Gasteiger partial charge on any atom is 0.0408 e. The Balaban J connectivity index is 1.20. The molecule has 3 aliphatic rings. The summed E-state index contributed by atoms with van der Waals surface area (Å²) in [6, 6.07) is 29.3. The minimum Gasteiger partial charge on any atom is -0.345 e. The second-order valence-corrected chi connectivity index (χ2v) is 11.7. The highest BCUT2D eigenvalue weighted by Gasteiger charge is 2.17. The van der Waals surface area contributed by atoms with E-state index >= 15 is 0 Å². The van der Waals surface area contributed by atoms with Gasteiger partial charge >= 0.3 is 0 Å². The summed E-state index contributed by atoms with van der Waals surface area (Å²) in [5.41, 5.74) is 14.2. The van der Waals surface area contributed by atoms with Crippen molar-refractivity contribution in [3.8, 4) is 11.1 Å². The van der Waals surface area contributed by atoms with Gasteiger partial charge in [0.2, 0.25) is 0 Å². The van der Waals surface area contributed by atoms with E-state index in [1.807, 2.05) is 0 Å². The molecule has 4 aromatic rings. The van der Waals surface area contributed by atoms with Gasteiger partial charge in [0, 0.05) is 18.4 Å². The van der Waals surface area contributed by atoms with Gasteiger partial charge in [0.25, 0.3) is 0 Å². The number of aryl methyl sites for hydroxylation is 1. The lowest BCUT2D eigenvalue weighted by Gasteiger charge is -2.23. The Morgan fingerprint density at radius 1 is 0.698 bits per heavy atom. The molecule has 43 heavy (non-hydrogen) atoms. The Morgan fingerprint density at radius 3 is 2.23 bits per heavy atom. The second kappa shape index (κ2) is 11.8. The Hall–Kier alpha value is -4.88. The first-order chi connectivity index (χ1) is 21.2. The maximum absolute atomic E-state index is 4.24. The van der Waals surface area contributed by atoms with Crippen LogP contribution >= 0.6 is 0 Å². The van der Waals surface area contributed by atoms with E-state index in [0.29, 0.717) is 0 Å². The van der Waals surface area contributed by atoms with Crippen LogP contribution in [0.1, 0.15) is 42.4 Å². The Labute approximate surface area is 255 Å². The lowest BCUT2D eigenvalue weighted by atomic mass is 9.85. The molecule has 0 saturated heterocycles. The molecule has 0 fully saturated rings. The molecular weight excluding hydrogens is 518 g/mol. The second-order valence-electron chi connectivity index (χ2n) is 11.7. The fourth-order valence-electron chi connectivity index (χ4n) is 6.68. The monoisotopic (exact) mass is 555 g/mol. The first-order valence-electron chi connectivity index (χ1n) is 15.4. The number of fused-ring (bicyclic) bond motifs is 3. The van der Waals surface area contributed by atoms with Crippen molar-refractivity contribution in [1.29, 1.82) is 0 Å². The SMILES string of the molecule is C=C1/C=C\C=C/C/C(c2ccc(N(C)c3ccc(-c4c5c(cc6ccccc46)CCC=C5)cc3)cc2)=C2/C=CCC/C2=C/1. The van der Waals surface area contributed by atoms with Gasteiger partial charge in [-0.2, -0.15) is 0 Å². The minimum atomic E-state index is 0.900. The smallest absolute Gasteiger partial charge is 0.0408 e. The molecule has 0 spiro atoms. The Kier molecular flexibility index (Phi) is 7.39. The van der Waals surface area contributed by atoms with Crippen molar-refractivity contribution in [2.24, 2.45) is 0 Å². The van der Waals surface area contributed by atoms with Crippen LogP contribution in [0.5, 0.6) is 0 Å². The molecule has 1 nitrogen and oxygen atoms in total. The van der Waals surface area contributed by atoms with Crippen LogP contribution in [-0.2, 0) is 6.42 Å². The first kappa shape index (κ1) is 27.0. The number of hydrogen-bond donors (Lipinski definition) is 0. The number of allylic oxidation sites excluding steroid dienone is 12. The van der Waals surface area contributed by atoms with E-state index in [9.17, 15) is 0 Å². The van der Waals surface area contributed by atoms with Gasteiger partial charge in [0.05, 0.1) is 0 Å². The highest BCUT2D eigenvalue weighted by atomic mass is 15.1. The van der Waals surface area contributed by atoms with E-state index in [-0.39, 0.29) is 0 Å². The van der Waals surface area contributed by atoms with Crippen LogP contribution < -0.4 is 4.90 Å². The van der Waals surface area contributed by atoms with Crippen LogP contribution in [0.15, 0.2) is 151 Å². The molecule has 0 bridgehead atoms. The lowest BCUT2D eigenvalue weighted by Crippen LogP contribution is -2.09. The van der Waals surface area contributed by atoms with Gasteiger partial charge in [0.1, 0.15) is 0 Å². The predicted octanol–water partition coefficient (Wildman–Crippen LogP) is 11.3. The highest BCUT2D eigenvalue weighted by molar-refractivity contribution is 6.02. The zero-order valence-corrected chi connectivity index (χ0v) is 24.9. The molecule has 0 heterocycles. The van der Waals surface area contributed by atoms with Gasteiger partial charge in [-0.3, -0.25) is 0 Å². The zero-order chi connectivity index (χ0) is 29.2. The number of hydrogen-bond acceptors (Lipinski definition) is 1. The summed E-state index contributed by atoms with van der Waals surface area (Å²) in [4.78, 5) is 2.28. The first-order valence-corrected chi connectivity index (χ1v) is 15.4. The quantitative estimate of drug-likeness (QED) is 0.242. The molecule has 210 valence electrons. The van der Waals surface area contributed by atoms with Crippen molar-refractivity contribution in [1.82, 2.24) is 0 Å². The molecule has 1 heteroatoms. The molecular formula is C42H37N. The number of rotatable bonds is 4. The molecule has 0 saturated carbocycles. The maximum atomic E-state index is 4.24. The van der Waals surface area contributed by atoms with Crippen molar-refractivity contribution in [2.45, 2.75) is 32.1 Å². The normalized spacial score (nSPS) is 20.6. The predicted molar refractivity (Wildman–Crippen MR) is 187 cm³/mol. The molecule has 0 amide bonds. The average Bonchev–Trinajstić information content (AvgIpc) is 3.05. The molecule has 0 aliphatic heterocycles. The van der Waals surface area contributed by atoms with Crippen LogP contribution in [0.25, 0.3) is 33.5 Å². The summed E-state index contributed by atoms with van der Waals surface area (Å²) >= 11 is 0. The molecule has 0 unspecified atom stereocenters. The van der Waals surface area contributed by atoms with Crippen molar-refractivity contribution < 1.29 is 0 Å². The summed E-state index contributed by atoms with van der Waals surface area (Å²) in [7, 11) is 2.16. The van der Waals surface area contributed by atoms with Crippen molar-refractivity contribution >= 4 is 33.8 Å². The lowest BCUT2D eigenvalue weighted by molar-refractivity contribution is 0.965. The molecule has 0 radical (unpaired) electrons. The van der Waals surface area contributed by atoms with Crippen LogP contribution in [0, 0.1) is 0 Å². The molecule has 3 aliphatic carbocycles. The number of nitrogens with zero attached hydrogens (tertiary/aromatic N) is 1. The van der Waals surface area contributed by atoms with E-state index in [2.05, 4.69) is 152 Å². The van der Waals surface area contributed by atoms with Crippen LogP contribution in [0.4, 0.5) is 11.4 Å². The van der Waals surface area contributed by atoms with E-state index in [0.717, 1.165) is 37.7 Å². The third kappa shape index (κ3) is 5.40. The van der Waals surface area contributed by atoms with Crippen molar-refractivity contribution in [3.05, 3.63) is 167 Å². The molecule has 7 rings (SSSR count). The summed E-state index contributed by atoms with van der Waals surface area (Å²) in [5, 5.41) is 2.64. The fraction of sp³-hybridized carbons (Fsp3) is 0.143. The van der Waals surface area contributed by atoms with Gasteiger partial charge in [-0.1, -0.05) is 116 Å². The van der Waals surface area contributed by atoms with E-state index in [1.54, 1.807) is 0 Å². The van der Waals surface area contributed by atoms with Crippen molar-refractivity contribution in [3.63, 3.8) is 0 Å². The topological polar surface area (TPSA) is 3.24 Å². The summed E-state index contributed by atoms with van der Waals surface area (Å²) in [5.74, 6) is 0. The zero-order valence-electron chi connectivity index (χ0n) is 24.9. The summed E-state index contributed by atoms with van der Waals surface area (Å²) in [6.45, 7) is 4.24. The molecule has 0 atom stereocenters. The fourth-order valence-corrected chi connectivity index (χ4v) is 6.68. The third-order valence-corrected chi connectivity index (χ3v) is 8.96. The van der Waals surface area contributed by atoms with Crippen LogP contribution in [0.3, 0.4) is 0 Å². The van der Waals surface area contributed by atoms with E-state index < -0.39 is 0 Å². The Bertz CT molecular complexity index is 1890. The minimum absolute atomic E-state index is 0.900. The van der Waals surface area contributed by atoms with E-state index in [1.165, 1.54) is 66.7 Å². The van der Waals surface area contributed by atoms with Gasteiger partial charge in [-0.15, -0.1) is 0 Å². The van der Waals surface area contributed by atoms with Gasteiger partial charge in [-0.05, 0) is 117 Å². The molecule has 0 aromatic heterocycles. The average molecular weight is 556 g/mol. The van der Waals surface area contributed by atoms with Gasteiger partial charge < -0.3 is 4.90 Å². The number of anilines is 2. The van der Waals surface area contributed by atoms with Gasteiger partial charge in [0.15, 0.2) is 0 Å².